The van der Waals surface area contributed by atoms with E-state index in [2.05, 4.69) is 25.6 Å². The average molecular weight is 529 g/mol. The minimum atomic E-state index is -0.531. The third-order valence-electron chi connectivity index (χ3n) is 6.05. The molecule has 0 aliphatic heterocycles. The van der Waals surface area contributed by atoms with Crippen LogP contribution in [0.5, 0.6) is 23.1 Å². The SMILES string of the molecule is CNC(=O)c1cc(Oc2ccc3c(c2)nc(Nc2cc(-c4ccc(OC)nc4)cc(F)c2OC)n3C)ccn1. The molecule has 1 amide bonds. The van der Waals surface area contributed by atoms with Crippen molar-refractivity contribution >= 4 is 28.6 Å². The Labute approximate surface area is 223 Å². The van der Waals surface area contributed by atoms with E-state index in [4.69, 9.17) is 14.2 Å². The molecule has 0 aliphatic carbocycles. The van der Waals surface area contributed by atoms with Crippen LogP contribution in [0.4, 0.5) is 16.0 Å². The van der Waals surface area contributed by atoms with Gasteiger partial charge in [-0.25, -0.2) is 14.4 Å². The maximum Gasteiger partial charge on any atom is 0.269 e. The first-order chi connectivity index (χ1) is 18.9. The highest BCUT2D eigenvalue weighted by atomic mass is 19.1. The van der Waals surface area contributed by atoms with Crippen LogP contribution in [0.1, 0.15) is 10.5 Å². The molecule has 0 saturated heterocycles. The summed E-state index contributed by atoms with van der Waals surface area (Å²) in [5, 5.41) is 5.74. The fourth-order valence-electron chi connectivity index (χ4n) is 4.07. The van der Waals surface area contributed by atoms with Crippen LogP contribution in [-0.2, 0) is 7.05 Å². The minimum absolute atomic E-state index is 0.0564. The Balaban J connectivity index is 1.45. The van der Waals surface area contributed by atoms with Gasteiger partial charge in [0.2, 0.25) is 11.8 Å². The summed E-state index contributed by atoms with van der Waals surface area (Å²) in [5.74, 6) is 1.13. The number of amides is 1. The lowest BCUT2D eigenvalue weighted by Gasteiger charge is -2.14. The summed E-state index contributed by atoms with van der Waals surface area (Å²) in [6, 6.07) is 15.3. The summed E-state index contributed by atoms with van der Waals surface area (Å²) >= 11 is 0. The number of nitrogens with zero attached hydrogens (tertiary/aromatic N) is 4. The van der Waals surface area contributed by atoms with E-state index in [-0.39, 0.29) is 17.4 Å². The monoisotopic (exact) mass is 528 g/mol. The number of hydrogen-bond acceptors (Lipinski definition) is 8. The quantitative estimate of drug-likeness (QED) is 0.287. The molecule has 3 aromatic heterocycles. The number of benzene rings is 2. The van der Waals surface area contributed by atoms with Crippen molar-refractivity contribution in [3.8, 4) is 34.3 Å². The van der Waals surface area contributed by atoms with Crippen LogP contribution in [0.15, 0.2) is 67.0 Å². The van der Waals surface area contributed by atoms with Gasteiger partial charge in [0.05, 0.1) is 30.9 Å². The number of imidazole rings is 1. The maximum absolute atomic E-state index is 15.0. The maximum atomic E-state index is 15.0. The number of methoxy groups -OCH3 is 2. The molecule has 0 aliphatic rings. The van der Waals surface area contributed by atoms with Crippen molar-refractivity contribution in [1.82, 2.24) is 24.8 Å². The van der Waals surface area contributed by atoms with Gasteiger partial charge in [0, 0.05) is 50.3 Å². The zero-order valence-electron chi connectivity index (χ0n) is 21.7. The molecule has 3 heterocycles. The zero-order valence-corrected chi connectivity index (χ0v) is 21.7. The van der Waals surface area contributed by atoms with Crippen LogP contribution in [0.3, 0.4) is 0 Å². The second kappa shape index (κ2) is 10.7. The van der Waals surface area contributed by atoms with Crippen molar-refractivity contribution in [3.63, 3.8) is 0 Å². The highest BCUT2D eigenvalue weighted by Gasteiger charge is 2.17. The van der Waals surface area contributed by atoms with Crippen molar-refractivity contribution in [2.75, 3.05) is 26.6 Å². The van der Waals surface area contributed by atoms with Gasteiger partial charge in [-0.05, 0) is 42.0 Å². The fraction of sp³-hybridized carbons (Fsp3) is 0.143. The summed E-state index contributed by atoms with van der Waals surface area (Å²) in [6.45, 7) is 0. The molecule has 0 atom stereocenters. The molecule has 0 saturated carbocycles. The second-order valence-corrected chi connectivity index (χ2v) is 8.46. The predicted octanol–water partition coefficient (Wildman–Crippen LogP) is 5.08. The van der Waals surface area contributed by atoms with Gasteiger partial charge in [0.25, 0.3) is 5.91 Å². The first kappa shape index (κ1) is 25.5. The summed E-state index contributed by atoms with van der Waals surface area (Å²) in [6.07, 6.45) is 3.12. The van der Waals surface area contributed by atoms with E-state index in [9.17, 15) is 4.79 Å². The van der Waals surface area contributed by atoms with Gasteiger partial charge >= 0.3 is 0 Å². The Morgan fingerprint density at radius 2 is 1.77 bits per heavy atom. The van der Waals surface area contributed by atoms with Crippen molar-refractivity contribution in [3.05, 3.63) is 78.5 Å². The summed E-state index contributed by atoms with van der Waals surface area (Å²) < 4.78 is 33.3. The molecule has 0 bridgehead atoms. The molecule has 5 aromatic rings. The number of carbonyl (C=O) groups is 1. The van der Waals surface area contributed by atoms with E-state index in [0.29, 0.717) is 45.7 Å². The number of aromatic nitrogens is 4. The topological polar surface area (TPSA) is 112 Å². The van der Waals surface area contributed by atoms with Gasteiger partial charge in [-0.15, -0.1) is 0 Å². The standard InChI is InChI=1S/C28H25FN6O4/c1-30-27(36)23-14-19(9-10-31-23)39-18-6-7-24-21(13-18)33-28(35(24)2)34-22-12-17(11-20(29)26(22)38-4)16-5-8-25(37-3)32-15-16/h5-15H,1-4H3,(H,30,36)(H,33,34). The van der Waals surface area contributed by atoms with Gasteiger partial charge in [-0.1, -0.05) is 0 Å². The van der Waals surface area contributed by atoms with E-state index < -0.39 is 5.82 Å². The molecule has 198 valence electrons. The Morgan fingerprint density at radius 1 is 0.949 bits per heavy atom. The molecule has 0 fully saturated rings. The number of halogens is 1. The lowest BCUT2D eigenvalue weighted by molar-refractivity contribution is 0.0958. The van der Waals surface area contributed by atoms with Gasteiger partial charge in [-0.2, -0.15) is 0 Å². The molecule has 5 rings (SSSR count). The van der Waals surface area contributed by atoms with Gasteiger partial charge in [-0.3, -0.25) is 9.78 Å². The average Bonchev–Trinajstić information content (AvgIpc) is 3.26. The molecule has 2 N–H and O–H groups in total. The van der Waals surface area contributed by atoms with Crippen LogP contribution in [0, 0.1) is 5.82 Å². The number of ether oxygens (including phenoxy) is 3. The molecule has 0 spiro atoms. The Bertz CT molecular complexity index is 1670. The Hall–Kier alpha value is -5.19. The first-order valence-corrected chi connectivity index (χ1v) is 11.9. The number of fused-ring (bicyclic) bond motifs is 1. The predicted molar refractivity (Wildman–Crippen MR) is 144 cm³/mol. The van der Waals surface area contributed by atoms with Crippen molar-refractivity contribution in [2.45, 2.75) is 0 Å². The van der Waals surface area contributed by atoms with Gasteiger partial charge < -0.3 is 29.4 Å². The van der Waals surface area contributed by atoms with Crippen LogP contribution in [-0.4, -0.2) is 46.7 Å². The summed E-state index contributed by atoms with van der Waals surface area (Å²) in [4.78, 5) is 24.8. The third-order valence-corrected chi connectivity index (χ3v) is 6.05. The Kier molecular flexibility index (Phi) is 6.96. The van der Waals surface area contributed by atoms with Crippen LogP contribution in [0.25, 0.3) is 22.2 Å². The molecular formula is C28H25FN6O4. The van der Waals surface area contributed by atoms with E-state index in [0.717, 1.165) is 5.52 Å². The molecule has 11 heteroatoms. The number of hydrogen-bond donors (Lipinski definition) is 2. The zero-order chi connectivity index (χ0) is 27.5. The molecular weight excluding hydrogens is 503 g/mol. The largest absolute Gasteiger partial charge is 0.492 e. The van der Waals surface area contributed by atoms with Gasteiger partial charge in [0.15, 0.2) is 11.6 Å². The Morgan fingerprint density at radius 3 is 2.49 bits per heavy atom. The molecule has 2 aromatic carbocycles. The van der Waals surface area contributed by atoms with E-state index in [1.807, 2.05) is 17.7 Å². The number of pyridine rings is 2. The number of rotatable bonds is 8. The highest BCUT2D eigenvalue weighted by Crippen LogP contribution is 2.36. The minimum Gasteiger partial charge on any atom is -0.492 e. The number of aryl methyl sites for hydroxylation is 1. The van der Waals surface area contributed by atoms with Crippen LogP contribution in [0.2, 0.25) is 0 Å². The molecule has 0 radical (unpaired) electrons. The lowest BCUT2D eigenvalue weighted by atomic mass is 10.1. The van der Waals surface area contributed by atoms with Gasteiger partial charge in [0.1, 0.15) is 17.2 Å². The number of anilines is 2. The third kappa shape index (κ3) is 5.14. The van der Waals surface area contributed by atoms with Crippen molar-refractivity contribution in [1.29, 1.82) is 0 Å². The smallest absolute Gasteiger partial charge is 0.269 e. The first-order valence-electron chi connectivity index (χ1n) is 11.9. The van der Waals surface area contributed by atoms with Crippen molar-refractivity contribution < 1.29 is 23.4 Å². The van der Waals surface area contributed by atoms with E-state index in [1.54, 1.807) is 48.7 Å². The van der Waals surface area contributed by atoms with E-state index in [1.165, 1.54) is 33.5 Å². The fourth-order valence-corrected chi connectivity index (χ4v) is 4.07. The summed E-state index contributed by atoms with van der Waals surface area (Å²) in [5.41, 5.74) is 3.43. The molecule has 0 unspecified atom stereocenters. The highest BCUT2D eigenvalue weighted by molar-refractivity contribution is 5.92. The lowest BCUT2D eigenvalue weighted by Crippen LogP contribution is -2.18. The number of nitrogens with one attached hydrogen (secondary N) is 2. The summed E-state index contributed by atoms with van der Waals surface area (Å²) in [7, 11) is 6.32. The number of carbonyl (C=O) groups excluding carboxylic acids is 1. The normalized spacial score (nSPS) is 10.8. The van der Waals surface area contributed by atoms with E-state index >= 15 is 4.39 Å². The molecule has 39 heavy (non-hydrogen) atoms. The van der Waals surface area contributed by atoms with Crippen LogP contribution < -0.4 is 24.8 Å². The second-order valence-electron chi connectivity index (χ2n) is 8.46. The van der Waals surface area contributed by atoms with Crippen molar-refractivity contribution in [2.24, 2.45) is 7.05 Å². The van der Waals surface area contributed by atoms with Crippen LogP contribution >= 0.6 is 0 Å². The molecule has 10 nitrogen and oxygen atoms in total.